The molecule has 1 aromatic rings. The van der Waals surface area contributed by atoms with Crippen LogP contribution in [0.1, 0.15) is 32.6 Å². The molecule has 3 N–H and O–H groups in total. The number of halogens is 1. The van der Waals surface area contributed by atoms with Crippen LogP contribution < -0.4 is 16.0 Å². The molecule has 23 heavy (non-hydrogen) atoms. The molecule has 6 heteroatoms. The Morgan fingerprint density at radius 3 is 2.43 bits per heavy atom. The van der Waals surface area contributed by atoms with E-state index in [-0.39, 0.29) is 18.4 Å². The van der Waals surface area contributed by atoms with Gasteiger partial charge in [0.2, 0.25) is 11.8 Å². The van der Waals surface area contributed by atoms with E-state index in [1.165, 1.54) is 32.6 Å². The second-order valence-corrected chi connectivity index (χ2v) is 6.90. The number of amides is 2. The molecule has 2 aliphatic rings. The number of carbonyl (C=O) groups excluding carboxylic acids is 2. The van der Waals surface area contributed by atoms with Crippen LogP contribution in [0.4, 0.5) is 11.4 Å². The molecule has 0 atom stereocenters. The van der Waals surface area contributed by atoms with Crippen molar-refractivity contribution >= 4 is 34.8 Å². The Kier molecular flexibility index (Phi) is 4.76. The highest BCUT2D eigenvalue weighted by atomic mass is 35.5. The Morgan fingerprint density at radius 2 is 1.87 bits per heavy atom. The highest BCUT2D eigenvalue weighted by Crippen LogP contribution is 2.44. The van der Waals surface area contributed by atoms with Crippen molar-refractivity contribution in [3.05, 3.63) is 23.2 Å². The van der Waals surface area contributed by atoms with E-state index in [1.54, 1.807) is 18.2 Å². The van der Waals surface area contributed by atoms with Gasteiger partial charge in [-0.05, 0) is 55.7 Å². The van der Waals surface area contributed by atoms with E-state index in [9.17, 15) is 9.59 Å². The molecule has 0 spiro atoms. The molecule has 0 aliphatic heterocycles. The molecule has 1 aromatic carbocycles. The van der Waals surface area contributed by atoms with Crippen LogP contribution >= 0.6 is 11.6 Å². The maximum atomic E-state index is 12.2. The fourth-order valence-electron chi connectivity index (χ4n) is 2.89. The summed E-state index contributed by atoms with van der Waals surface area (Å²) >= 11 is 6.14. The first kappa shape index (κ1) is 16.1. The third-order valence-corrected chi connectivity index (χ3v) is 4.64. The molecule has 0 aromatic heterocycles. The lowest BCUT2D eigenvalue weighted by Crippen LogP contribution is -2.41. The van der Waals surface area contributed by atoms with E-state index in [4.69, 9.17) is 11.6 Å². The number of carbonyl (C=O) groups is 2. The molecular formula is C17H22ClN3O2. The molecule has 0 radical (unpaired) electrons. The van der Waals surface area contributed by atoms with Crippen molar-refractivity contribution in [2.45, 2.75) is 38.6 Å². The highest BCUT2D eigenvalue weighted by Gasteiger charge is 2.42. The van der Waals surface area contributed by atoms with Gasteiger partial charge < -0.3 is 16.0 Å². The Bertz CT molecular complexity index is 600. The average Bonchev–Trinajstić information content (AvgIpc) is 3.37. The number of anilines is 2. The summed E-state index contributed by atoms with van der Waals surface area (Å²) < 4.78 is 0. The third kappa shape index (κ3) is 4.61. The van der Waals surface area contributed by atoms with E-state index in [0.29, 0.717) is 34.3 Å². The SMILES string of the molecule is CC(=O)Nc1ccc(Cl)c(NCC(=O)NC(C2CC2)C2CC2)c1. The van der Waals surface area contributed by atoms with Gasteiger partial charge in [-0.25, -0.2) is 0 Å². The van der Waals surface area contributed by atoms with Crippen LogP contribution in [0.25, 0.3) is 0 Å². The first-order chi connectivity index (χ1) is 11.0. The number of nitrogens with one attached hydrogen (secondary N) is 3. The van der Waals surface area contributed by atoms with Gasteiger partial charge in [0, 0.05) is 18.7 Å². The summed E-state index contributed by atoms with van der Waals surface area (Å²) in [6.45, 7) is 1.63. The largest absolute Gasteiger partial charge is 0.375 e. The fraction of sp³-hybridized carbons (Fsp3) is 0.529. The van der Waals surface area contributed by atoms with E-state index >= 15 is 0 Å². The maximum Gasteiger partial charge on any atom is 0.239 e. The minimum Gasteiger partial charge on any atom is -0.375 e. The lowest BCUT2D eigenvalue weighted by Gasteiger charge is -2.18. The fourth-order valence-corrected chi connectivity index (χ4v) is 3.07. The van der Waals surface area contributed by atoms with E-state index < -0.39 is 0 Å². The van der Waals surface area contributed by atoms with Crippen molar-refractivity contribution in [1.29, 1.82) is 0 Å². The van der Waals surface area contributed by atoms with Crippen LogP contribution in [-0.2, 0) is 9.59 Å². The van der Waals surface area contributed by atoms with Gasteiger partial charge in [-0.3, -0.25) is 9.59 Å². The quantitative estimate of drug-likeness (QED) is 0.717. The van der Waals surface area contributed by atoms with Gasteiger partial charge in [-0.2, -0.15) is 0 Å². The summed E-state index contributed by atoms with van der Waals surface area (Å²) in [5.74, 6) is 1.21. The van der Waals surface area contributed by atoms with Crippen LogP contribution in [0, 0.1) is 11.8 Å². The zero-order chi connectivity index (χ0) is 16.4. The molecule has 2 saturated carbocycles. The van der Waals surface area contributed by atoms with E-state index in [0.717, 1.165) is 0 Å². The van der Waals surface area contributed by atoms with Crippen molar-refractivity contribution in [3.63, 3.8) is 0 Å². The summed E-state index contributed by atoms with van der Waals surface area (Å²) in [4.78, 5) is 23.3. The van der Waals surface area contributed by atoms with Gasteiger partial charge in [0.1, 0.15) is 0 Å². The third-order valence-electron chi connectivity index (χ3n) is 4.31. The molecule has 124 valence electrons. The van der Waals surface area contributed by atoms with Gasteiger partial charge >= 0.3 is 0 Å². The van der Waals surface area contributed by atoms with Crippen molar-refractivity contribution in [1.82, 2.24) is 5.32 Å². The Morgan fingerprint density at radius 1 is 1.22 bits per heavy atom. The second-order valence-electron chi connectivity index (χ2n) is 6.50. The normalized spacial score (nSPS) is 17.0. The summed E-state index contributed by atoms with van der Waals surface area (Å²) in [6.07, 6.45) is 4.94. The first-order valence-corrected chi connectivity index (χ1v) is 8.51. The first-order valence-electron chi connectivity index (χ1n) is 8.13. The molecular weight excluding hydrogens is 314 g/mol. The minimum atomic E-state index is -0.146. The zero-order valence-corrected chi connectivity index (χ0v) is 14.0. The second kappa shape index (κ2) is 6.79. The van der Waals surface area contributed by atoms with Gasteiger partial charge in [0.15, 0.2) is 0 Å². The predicted molar refractivity (Wildman–Crippen MR) is 91.6 cm³/mol. The summed E-state index contributed by atoms with van der Waals surface area (Å²) in [7, 11) is 0. The van der Waals surface area contributed by atoms with Crippen LogP contribution in [-0.4, -0.2) is 24.4 Å². The number of hydrogen-bond acceptors (Lipinski definition) is 3. The summed E-state index contributed by atoms with van der Waals surface area (Å²) in [6, 6.07) is 5.51. The smallest absolute Gasteiger partial charge is 0.239 e. The number of hydrogen-bond donors (Lipinski definition) is 3. The summed E-state index contributed by atoms with van der Waals surface area (Å²) in [5, 5.41) is 9.44. The van der Waals surface area contributed by atoms with E-state index in [2.05, 4.69) is 16.0 Å². The Labute approximate surface area is 141 Å². The molecule has 0 saturated heterocycles. The number of rotatable bonds is 7. The monoisotopic (exact) mass is 335 g/mol. The van der Waals surface area contributed by atoms with Crippen LogP contribution in [0.5, 0.6) is 0 Å². The Balaban J connectivity index is 1.54. The molecule has 0 bridgehead atoms. The van der Waals surface area contributed by atoms with Gasteiger partial charge in [-0.1, -0.05) is 11.6 Å². The van der Waals surface area contributed by atoms with Crippen molar-refractivity contribution in [3.8, 4) is 0 Å². The van der Waals surface area contributed by atoms with Crippen LogP contribution in [0.2, 0.25) is 5.02 Å². The van der Waals surface area contributed by atoms with Gasteiger partial charge in [0.05, 0.1) is 17.3 Å². The molecule has 0 heterocycles. The zero-order valence-electron chi connectivity index (χ0n) is 13.2. The van der Waals surface area contributed by atoms with Crippen molar-refractivity contribution in [2.24, 2.45) is 11.8 Å². The van der Waals surface area contributed by atoms with Crippen molar-refractivity contribution in [2.75, 3.05) is 17.2 Å². The molecule has 0 unspecified atom stereocenters. The number of benzene rings is 1. The van der Waals surface area contributed by atoms with Crippen LogP contribution in [0.3, 0.4) is 0 Å². The molecule has 2 aliphatic carbocycles. The summed E-state index contributed by atoms with van der Waals surface area (Å²) in [5.41, 5.74) is 1.29. The van der Waals surface area contributed by atoms with E-state index in [1.807, 2.05) is 0 Å². The maximum absolute atomic E-state index is 12.2. The molecule has 3 rings (SSSR count). The predicted octanol–water partition coefficient (Wildman–Crippen LogP) is 3.02. The van der Waals surface area contributed by atoms with Gasteiger partial charge in [-0.15, -0.1) is 0 Å². The minimum absolute atomic E-state index is 0.00482. The molecule has 2 amide bonds. The molecule has 5 nitrogen and oxygen atoms in total. The topological polar surface area (TPSA) is 70.2 Å². The molecule has 2 fully saturated rings. The lowest BCUT2D eigenvalue weighted by atomic mass is 10.1. The Hall–Kier alpha value is -1.75. The van der Waals surface area contributed by atoms with Gasteiger partial charge in [0.25, 0.3) is 0 Å². The lowest BCUT2D eigenvalue weighted by molar-refractivity contribution is -0.120. The average molecular weight is 336 g/mol. The highest BCUT2D eigenvalue weighted by molar-refractivity contribution is 6.33. The standard InChI is InChI=1S/C17H22ClN3O2/c1-10(22)20-13-6-7-14(18)15(8-13)19-9-16(23)21-17(11-2-3-11)12-4-5-12/h6-8,11-12,17,19H,2-5,9H2,1H3,(H,20,22)(H,21,23). The van der Waals surface area contributed by atoms with Crippen LogP contribution in [0.15, 0.2) is 18.2 Å². The van der Waals surface area contributed by atoms with Crippen molar-refractivity contribution < 1.29 is 9.59 Å².